The van der Waals surface area contributed by atoms with Crippen LogP contribution < -0.4 is 0 Å². The molecule has 0 N–H and O–H groups in total. The quantitative estimate of drug-likeness (QED) is 0.520. The summed E-state index contributed by atoms with van der Waals surface area (Å²) in [4.78, 5) is 2.22. The van der Waals surface area contributed by atoms with Crippen LogP contribution in [-0.4, -0.2) is 34.5 Å². The number of rotatable bonds is 5. The number of halogens is 1. The van der Waals surface area contributed by atoms with Crippen molar-refractivity contribution >= 4 is 34.3 Å². The maximum Gasteiger partial charge on any atom is 0.152 e. The Morgan fingerprint density at radius 1 is 1.41 bits per heavy atom. The first-order valence-electron chi connectivity index (χ1n) is 9.75. The van der Waals surface area contributed by atoms with E-state index in [1.54, 1.807) is 0 Å². The molecular formula is C21H32ClNO2S2. The third kappa shape index (κ3) is 5.99. The summed E-state index contributed by atoms with van der Waals surface area (Å²) >= 11 is 7.93. The molecule has 152 valence electrons. The zero-order valence-electron chi connectivity index (χ0n) is 17.1. The molecule has 2 aliphatic heterocycles. The predicted octanol–water partition coefficient (Wildman–Crippen LogP) is 6.22. The summed E-state index contributed by atoms with van der Waals surface area (Å²) in [6, 6.07) is 5.75. The fraction of sp³-hybridized carbons (Fsp3) is 0.619. The van der Waals surface area contributed by atoms with Gasteiger partial charge >= 0.3 is 0 Å². The first-order valence-corrected chi connectivity index (χ1v) is 12.2. The van der Waals surface area contributed by atoms with Crippen LogP contribution in [0.3, 0.4) is 0 Å². The molecule has 0 saturated heterocycles. The molecule has 2 atom stereocenters. The van der Waals surface area contributed by atoms with Crippen molar-refractivity contribution in [2.45, 2.75) is 57.8 Å². The smallest absolute Gasteiger partial charge is 0.152 e. The minimum Gasteiger partial charge on any atom is -0.382 e. The zero-order chi connectivity index (χ0) is 20.0. The first kappa shape index (κ1) is 22.8. The van der Waals surface area contributed by atoms with Crippen molar-refractivity contribution in [2.75, 3.05) is 26.0 Å². The number of hydrogen-bond acceptors (Lipinski definition) is 3. The predicted molar refractivity (Wildman–Crippen MR) is 119 cm³/mol. The van der Waals surface area contributed by atoms with Crippen LogP contribution in [0.4, 0.5) is 0 Å². The van der Waals surface area contributed by atoms with Gasteiger partial charge in [-0.1, -0.05) is 38.4 Å². The Morgan fingerprint density at radius 2 is 2.15 bits per heavy atom. The number of allylic oxidation sites excluding steroid dienone is 2. The molecule has 0 aliphatic carbocycles. The second-order valence-corrected chi connectivity index (χ2v) is 10.4. The van der Waals surface area contributed by atoms with Crippen molar-refractivity contribution in [3.05, 3.63) is 39.4 Å². The third-order valence-corrected chi connectivity index (χ3v) is 7.80. The van der Waals surface area contributed by atoms with Crippen molar-refractivity contribution in [2.24, 2.45) is 5.92 Å². The molecule has 2 unspecified atom stereocenters. The van der Waals surface area contributed by atoms with Gasteiger partial charge in [0.15, 0.2) is 11.0 Å². The van der Waals surface area contributed by atoms with E-state index in [0.29, 0.717) is 10.9 Å². The molecule has 0 fully saturated rings. The molecule has 0 aromatic heterocycles. The normalized spacial score (nSPS) is 21.5. The van der Waals surface area contributed by atoms with Crippen LogP contribution in [0, 0.1) is 5.92 Å². The van der Waals surface area contributed by atoms with Gasteiger partial charge in [-0.05, 0) is 49.8 Å². The van der Waals surface area contributed by atoms with Crippen molar-refractivity contribution in [1.82, 2.24) is 4.31 Å². The number of nitrogens with zero attached hydrogens (tertiary/aromatic N) is 1. The van der Waals surface area contributed by atoms with E-state index < -0.39 is 11.0 Å². The van der Waals surface area contributed by atoms with E-state index in [1.807, 2.05) is 48.2 Å². The highest BCUT2D eigenvalue weighted by atomic mass is 35.5. The lowest BCUT2D eigenvalue weighted by Crippen LogP contribution is -2.19. The topological polar surface area (TPSA) is 29.5 Å². The molecular weight excluding hydrogens is 398 g/mol. The third-order valence-electron chi connectivity index (χ3n) is 4.81. The van der Waals surface area contributed by atoms with Gasteiger partial charge in [0.05, 0.1) is 4.90 Å². The van der Waals surface area contributed by atoms with Gasteiger partial charge < -0.3 is 4.74 Å². The van der Waals surface area contributed by atoms with Gasteiger partial charge in [-0.25, -0.2) is 4.21 Å². The highest BCUT2D eigenvalue weighted by Gasteiger charge is 2.32. The second-order valence-electron chi connectivity index (χ2n) is 7.29. The molecule has 0 saturated carbocycles. The number of fused-ring (bicyclic) bond motifs is 1. The Morgan fingerprint density at radius 3 is 2.81 bits per heavy atom. The van der Waals surface area contributed by atoms with Crippen molar-refractivity contribution in [3.8, 4) is 0 Å². The Kier molecular flexibility index (Phi) is 9.20. The standard InChI is InChI=1S/C13H14ClNOS2.C8H18O/c1-8-10-4-3-9(14)7-12(10)18(16)15(2)11-5-6-17-13(8)11;1-4-9-7-5-6-8(2)3/h3-4,7-8H,5-6H2,1-2H3;8H,4-7H2,1-3H3. The Labute approximate surface area is 176 Å². The molecule has 0 bridgehead atoms. The molecule has 2 aliphatic rings. The van der Waals surface area contributed by atoms with Gasteiger partial charge in [-0.15, -0.1) is 11.8 Å². The van der Waals surface area contributed by atoms with Gasteiger partial charge in [0, 0.05) is 47.6 Å². The van der Waals surface area contributed by atoms with Crippen LogP contribution >= 0.6 is 23.4 Å². The Balaban J connectivity index is 0.000000249. The van der Waals surface area contributed by atoms with E-state index in [1.165, 1.54) is 23.4 Å². The van der Waals surface area contributed by atoms with E-state index in [4.69, 9.17) is 16.3 Å². The number of thioether (sulfide) groups is 1. The zero-order valence-corrected chi connectivity index (χ0v) is 19.5. The van der Waals surface area contributed by atoms with Crippen LogP contribution in [0.25, 0.3) is 0 Å². The molecule has 3 rings (SSSR count). The lowest BCUT2D eigenvalue weighted by Gasteiger charge is -2.18. The summed E-state index contributed by atoms with van der Waals surface area (Å²) < 4.78 is 19.7. The summed E-state index contributed by atoms with van der Waals surface area (Å²) in [5.74, 6) is 2.23. The second kappa shape index (κ2) is 10.9. The van der Waals surface area contributed by atoms with Gasteiger partial charge in [0.25, 0.3) is 0 Å². The fourth-order valence-corrected chi connectivity index (χ4v) is 6.25. The molecule has 1 aromatic carbocycles. The number of hydrogen-bond donors (Lipinski definition) is 0. The largest absolute Gasteiger partial charge is 0.382 e. The van der Waals surface area contributed by atoms with Gasteiger partial charge in [0.1, 0.15) is 0 Å². The first-order chi connectivity index (χ1) is 12.9. The summed E-state index contributed by atoms with van der Waals surface area (Å²) in [7, 11) is 0.776. The summed E-state index contributed by atoms with van der Waals surface area (Å²) in [6.07, 6.45) is 3.51. The molecule has 0 radical (unpaired) electrons. The molecule has 0 amide bonds. The number of ether oxygens (including phenoxy) is 1. The fourth-order valence-electron chi connectivity index (χ4n) is 3.30. The summed E-state index contributed by atoms with van der Waals surface area (Å²) in [5.41, 5.74) is 2.38. The average molecular weight is 430 g/mol. The van der Waals surface area contributed by atoms with Crippen molar-refractivity contribution in [1.29, 1.82) is 0 Å². The van der Waals surface area contributed by atoms with Crippen LogP contribution in [0.2, 0.25) is 5.02 Å². The van der Waals surface area contributed by atoms with Gasteiger partial charge in [-0.3, -0.25) is 4.31 Å². The van der Waals surface area contributed by atoms with Crippen molar-refractivity contribution in [3.63, 3.8) is 0 Å². The summed E-state index contributed by atoms with van der Waals surface area (Å²) in [5, 5.41) is 0.650. The van der Waals surface area contributed by atoms with E-state index >= 15 is 0 Å². The molecule has 2 heterocycles. The van der Waals surface area contributed by atoms with Gasteiger partial charge in [-0.2, -0.15) is 0 Å². The van der Waals surface area contributed by atoms with Crippen molar-refractivity contribution < 1.29 is 8.95 Å². The number of benzene rings is 1. The van der Waals surface area contributed by atoms with E-state index in [0.717, 1.165) is 41.8 Å². The summed E-state index contributed by atoms with van der Waals surface area (Å²) in [6.45, 7) is 10.5. The van der Waals surface area contributed by atoms with Gasteiger partial charge in [0.2, 0.25) is 0 Å². The highest BCUT2D eigenvalue weighted by molar-refractivity contribution is 8.03. The maximum absolute atomic E-state index is 12.6. The molecule has 27 heavy (non-hydrogen) atoms. The highest BCUT2D eigenvalue weighted by Crippen LogP contribution is 2.46. The lowest BCUT2D eigenvalue weighted by molar-refractivity contribution is 0.140. The minimum absolute atomic E-state index is 0.314. The molecule has 3 nitrogen and oxygen atoms in total. The molecule has 1 aromatic rings. The van der Waals surface area contributed by atoms with E-state index in [2.05, 4.69) is 20.8 Å². The van der Waals surface area contributed by atoms with Crippen LogP contribution in [0.15, 0.2) is 33.7 Å². The Bertz CT molecular complexity index is 691. The minimum atomic E-state index is -1.14. The van der Waals surface area contributed by atoms with E-state index in [-0.39, 0.29) is 0 Å². The van der Waals surface area contributed by atoms with Crippen LogP contribution in [0.5, 0.6) is 0 Å². The van der Waals surface area contributed by atoms with Crippen LogP contribution in [-0.2, 0) is 15.7 Å². The van der Waals surface area contributed by atoms with Crippen LogP contribution in [0.1, 0.15) is 58.4 Å². The molecule has 0 spiro atoms. The Hall–Kier alpha value is -0.490. The maximum atomic E-state index is 12.6. The van der Waals surface area contributed by atoms with E-state index in [9.17, 15) is 4.21 Å². The lowest BCUT2D eigenvalue weighted by atomic mass is 9.99. The molecule has 6 heteroatoms. The average Bonchev–Trinajstić information content (AvgIpc) is 3.11. The SMILES string of the molecule is CC1C2=C(CCS2)N(C)S(=O)c2cc(Cl)ccc21.CCOCCCC(C)C. The monoisotopic (exact) mass is 429 g/mol.